The van der Waals surface area contributed by atoms with Crippen LogP contribution in [0.4, 0.5) is 17.1 Å². The molecule has 0 saturated carbocycles. The molecule has 13 aromatic rings. The predicted molar refractivity (Wildman–Crippen MR) is 309 cm³/mol. The van der Waals surface area contributed by atoms with E-state index in [1.807, 2.05) is 0 Å². The van der Waals surface area contributed by atoms with Crippen LogP contribution in [0.25, 0.3) is 93.9 Å². The van der Waals surface area contributed by atoms with Crippen molar-refractivity contribution in [3.05, 3.63) is 276 Å². The van der Waals surface area contributed by atoms with E-state index in [4.69, 9.17) is 4.42 Å². The normalized spacial score (nSPS) is 13.9. The minimum absolute atomic E-state index is 0. The zero-order chi connectivity index (χ0) is 48.2. The molecular weight excluding hydrogens is 897 g/mol. The Hall–Kier alpha value is -9.18. The first kappa shape index (κ1) is 42.5. The monoisotopic (exact) mass is 946 g/mol. The second kappa shape index (κ2) is 15.4. The molecule has 16 rings (SSSR count). The lowest BCUT2D eigenvalue weighted by atomic mass is 9.70. The Bertz CT molecular complexity index is 4430. The number of aromatic nitrogens is 1. The van der Waals surface area contributed by atoms with Crippen molar-refractivity contribution in [3.63, 3.8) is 0 Å². The SMILES string of the molecule is C.CC1(C)c2ccccc2-c2c(N(c3ccc4c(c3)C3(c5ccccc5-c5ccccc53)c3ccccc3-4)c3ccc(-c4ccc5c(c4)c4ccccc4n5-c4ccccc4)c4oc5ccccc5c34)cccc21. The van der Waals surface area contributed by atoms with Crippen molar-refractivity contribution in [2.24, 2.45) is 0 Å². The average Bonchev–Trinajstić information content (AvgIpc) is 4.35. The molecule has 0 atom stereocenters. The molecule has 0 N–H and O–H groups in total. The van der Waals surface area contributed by atoms with E-state index < -0.39 is 5.41 Å². The number of benzene rings is 11. The lowest BCUT2D eigenvalue weighted by Gasteiger charge is -2.33. The van der Waals surface area contributed by atoms with Crippen molar-refractivity contribution in [2.45, 2.75) is 32.1 Å². The molecule has 0 radical (unpaired) electrons. The van der Waals surface area contributed by atoms with Gasteiger partial charge >= 0.3 is 0 Å². The largest absolute Gasteiger partial charge is 0.455 e. The van der Waals surface area contributed by atoms with E-state index in [-0.39, 0.29) is 12.8 Å². The van der Waals surface area contributed by atoms with Crippen LogP contribution in [0, 0.1) is 0 Å². The summed E-state index contributed by atoms with van der Waals surface area (Å²) >= 11 is 0. The van der Waals surface area contributed by atoms with Gasteiger partial charge in [-0.3, -0.25) is 0 Å². The third-order valence-electron chi connectivity index (χ3n) is 16.8. The Morgan fingerprint density at radius 3 is 1.69 bits per heavy atom. The van der Waals surface area contributed by atoms with Crippen LogP contribution in [0.1, 0.15) is 54.7 Å². The minimum atomic E-state index is -0.502. The van der Waals surface area contributed by atoms with Gasteiger partial charge in [0, 0.05) is 44.1 Å². The average molecular weight is 947 g/mol. The lowest BCUT2D eigenvalue weighted by Crippen LogP contribution is -2.26. The summed E-state index contributed by atoms with van der Waals surface area (Å²) < 4.78 is 9.58. The van der Waals surface area contributed by atoms with Gasteiger partial charge in [-0.25, -0.2) is 0 Å². The van der Waals surface area contributed by atoms with E-state index in [1.54, 1.807) is 0 Å². The summed E-state index contributed by atoms with van der Waals surface area (Å²) in [5, 5.41) is 4.59. The molecule has 0 unspecified atom stereocenters. The van der Waals surface area contributed by atoms with Crippen molar-refractivity contribution in [1.82, 2.24) is 4.57 Å². The van der Waals surface area contributed by atoms with E-state index in [2.05, 4.69) is 266 Å². The van der Waals surface area contributed by atoms with Gasteiger partial charge in [-0.15, -0.1) is 0 Å². The Balaban J connectivity index is 0.00000484. The van der Waals surface area contributed by atoms with E-state index in [0.29, 0.717) is 0 Å². The van der Waals surface area contributed by atoms with Crippen molar-refractivity contribution in [3.8, 4) is 50.2 Å². The highest BCUT2D eigenvalue weighted by Gasteiger charge is 2.52. The van der Waals surface area contributed by atoms with Gasteiger partial charge in [-0.2, -0.15) is 0 Å². The smallest absolute Gasteiger partial charge is 0.145 e. The fraction of sp³-hybridized carbons (Fsp3) is 0.0704. The first-order chi connectivity index (χ1) is 36.0. The third-order valence-corrected chi connectivity index (χ3v) is 16.8. The number of hydrogen-bond acceptors (Lipinski definition) is 2. The quantitative estimate of drug-likeness (QED) is 0.171. The molecule has 0 amide bonds. The first-order valence-electron chi connectivity index (χ1n) is 25.5. The topological polar surface area (TPSA) is 21.3 Å². The van der Waals surface area contributed by atoms with Crippen molar-refractivity contribution in [2.75, 3.05) is 4.90 Å². The van der Waals surface area contributed by atoms with Crippen molar-refractivity contribution in [1.29, 1.82) is 0 Å². The summed E-state index contributed by atoms with van der Waals surface area (Å²) in [7, 11) is 0. The molecule has 74 heavy (non-hydrogen) atoms. The molecule has 2 heterocycles. The molecule has 2 aromatic heterocycles. The van der Waals surface area contributed by atoms with Gasteiger partial charge in [-0.05, 0) is 133 Å². The number of anilines is 3. The van der Waals surface area contributed by atoms with Crippen LogP contribution < -0.4 is 4.90 Å². The molecule has 3 aliphatic rings. The number of nitrogens with zero attached hydrogens (tertiary/aromatic N) is 2. The summed E-state index contributed by atoms with van der Waals surface area (Å²) in [4.78, 5) is 2.56. The van der Waals surface area contributed by atoms with Gasteiger partial charge < -0.3 is 13.9 Å². The van der Waals surface area contributed by atoms with E-state index in [1.165, 1.54) is 88.6 Å². The fourth-order valence-electron chi connectivity index (χ4n) is 13.8. The molecule has 0 aliphatic heterocycles. The minimum Gasteiger partial charge on any atom is -0.455 e. The number of rotatable bonds is 5. The third kappa shape index (κ3) is 5.45. The molecule has 11 aromatic carbocycles. The van der Waals surface area contributed by atoms with Crippen LogP contribution in [0.2, 0.25) is 0 Å². The standard InChI is InChI=1S/C70H46N2O.CH4/c1-69(2)55-27-12-9-25-52(55)66-59(69)31-18-33-63(66)72(45-36-37-50-49-23-8-15-30-58(49)70(60(50)42-45)56-28-13-6-21-47(56)48-22-7-14-29-57(48)70)64-40-38-46(68-67(64)53-26-11-17-34-65(53)73-68)43-35-39-62-54(41-43)51-24-10-16-32-61(51)71(62)44-19-4-3-5-20-44;/h3-42H,1-2H3;1H4. The molecular formula is C71H50N2O. The van der Waals surface area contributed by atoms with E-state index in [0.717, 1.165) is 55.8 Å². The maximum absolute atomic E-state index is 7.20. The van der Waals surface area contributed by atoms with Gasteiger partial charge in [0.2, 0.25) is 0 Å². The molecule has 1 spiro atoms. The summed E-state index contributed by atoms with van der Waals surface area (Å²) in [6.07, 6.45) is 0. The zero-order valence-corrected chi connectivity index (χ0v) is 40.4. The fourth-order valence-corrected chi connectivity index (χ4v) is 13.8. The number of hydrogen-bond donors (Lipinski definition) is 0. The first-order valence-corrected chi connectivity index (χ1v) is 25.5. The van der Waals surface area contributed by atoms with Crippen LogP contribution in [-0.2, 0) is 10.8 Å². The maximum Gasteiger partial charge on any atom is 0.145 e. The number of para-hydroxylation sites is 3. The predicted octanol–water partition coefficient (Wildman–Crippen LogP) is 19.1. The summed E-state index contributed by atoms with van der Waals surface area (Å²) in [6.45, 7) is 4.75. The molecule has 3 nitrogen and oxygen atoms in total. The van der Waals surface area contributed by atoms with Gasteiger partial charge in [0.25, 0.3) is 0 Å². The van der Waals surface area contributed by atoms with Crippen LogP contribution in [0.15, 0.2) is 247 Å². The van der Waals surface area contributed by atoms with Crippen molar-refractivity contribution < 1.29 is 4.42 Å². The second-order valence-corrected chi connectivity index (χ2v) is 20.7. The molecule has 0 saturated heterocycles. The molecule has 3 heteroatoms. The zero-order valence-electron chi connectivity index (χ0n) is 40.4. The Kier molecular flexibility index (Phi) is 8.85. The van der Waals surface area contributed by atoms with Crippen LogP contribution in [0.5, 0.6) is 0 Å². The van der Waals surface area contributed by atoms with Crippen LogP contribution in [0.3, 0.4) is 0 Å². The van der Waals surface area contributed by atoms with E-state index >= 15 is 0 Å². The van der Waals surface area contributed by atoms with Crippen molar-refractivity contribution >= 4 is 60.8 Å². The summed E-state index contributed by atoms with van der Waals surface area (Å²) in [5.74, 6) is 0. The summed E-state index contributed by atoms with van der Waals surface area (Å²) in [5.41, 5.74) is 25.7. The van der Waals surface area contributed by atoms with Crippen LogP contribution in [-0.4, -0.2) is 4.57 Å². The van der Waals surface area contributed by atoms with Gasteiger partial charge in [0.15, 0.2) is 0 Å². The second-order valence-electron chi connectivity index (χ2n) is 20.7. The number of furan rings is 1. The molecule has 350 valence electrons. The van der Waals surface area contributed by atoms with Gasteiger partial charge in [0.1, 0.15) is 11.2 Å². The Morgan fingerprint density at radius 2 is 0.959 bits per heavy atom. The number of fused-ring (bicyclic) bond motifs is 19. The highest BCUT2D eigenvalue weighted by molar-refractivity contribution is 6.19. The molecule has 0 bridgehead atoms. The maximum atomic E-state index is 7.20. The van der Waals surface area contributed by atoms with E-state index in [9.17, 15) is 0 Å². The Labute approximate surface area is 430 Å². The highest BCUT2D eigenvalue weighted by Crippen LogP contribution is 2.64. The van der Waals surface area contributed by atoms with Gasteiger partial charge in [-0.1, -0.05) is 197 Å². The summed E-state index contributed by atoms with van der Waals surface area (Å²) in [6, 6.07) is 90.2. The van der Waals surface area contributed by atoms with Crippen LogP contribution >= 0.6 is 0 Å². The molecule has 3 aliphatic carbocycles. The molecule has 0 fully saturated rings. The Morgan fingerprint density at radius 1 is 0.392 bits per heavy atom. The lowest BCUT2D eigenvalue weighted by molar-refractivity contribution is 0.660. The highest BCUT2D eigenvalue weighted by atomic mass is 16.3. The van der Waals surface area contributed by atoms with Gasteiger partial charge in [0.05, 0.1) is 33.2 Å².